The highest BCUT2D eigenvalue weighted by Gasteiger charge is 2.44. The first-order valence-electron chi connectivity index (χ1n) is 28.8. The summed E-state index contributed by atoms with van der Waals surface area (Å²) in [5.41, 5.74) is 0. The molecule has 1 aliphatic rings. The summed E-state index contributed by atoms with van der Waals surface area (Å²) in [6, 6.07) is -0.815. The molecule has 404 valence electrons. The molecule has 0 saturated carbocycles. The minimum atomic E-state index is -1.57. The molecule has 1 heterocycles. The van der Waals surface area contributed by atoms with Gasteiger partial charge in [0, 0.05) is 12.8 Å². The molecule has 7 unspecified atom stereocenters. The molecule has 1 saturated heterocycles. The average Bonchev–Trinajstić information content (AvgIpc) is 3.34. The third kappa shape index (κ3) is 38.2. The average molecular weight is 978 g/mol. The van der Waals surface area contributed by atoms with Crippen LogP contribution in [-0.4, -0.2) is 100 Å². The van der Waals surface area contributed by atoms with Crippen molar-refractivity contribution in [2.24, 2.45) is 0 Å². The normalized spacial score (nSPS) is 19.6. The second kappa shape index (κ2) is 48.2. The lowest BCUT2D eigenvalue weighted by atomic mass is 9.99. The molecule has 0 radical (unpaired) electrons. The van der Waals surface area contributed by atoms with E-state index in [1.54, 1.807) is 6.08 Å². The number of rotatable bonds is 49. The van der Waals surface area contributed by atoms with Gasteiger partial charge in [-0.05, 0) is 83.5 Å². The maximum absolute atomic E-state index is 13.0. The fourth-order valence-electron chi connectivity index (χ4n) is 8.83. The Morgan fingerprint density at radius 3 is 1.42 bits per heavy atom. The number of amides is 1. The molecule has 0 aliphatic carbocycles. The summed E-state index contributed by atoms with van der Waals surface area (Å²) < 4.78 is 16.6. The number of aliphatic hydroxyl groups excluding tert-OH is 5. The van der Waals surface area contributed by atoms with Crippen LogP contribution in [0.15, 0.2) is 36.5 Å². The van der Waals surface area contributed by atoms with E-state index in [1.165, 1.54) is 154 Å². The minimum absolute atomic E-state index is 0.0184. The van der Waals surface area contributed by atoms with Gasteiger partial charge in [-0.3, -0.25) is 9.59 Å². The van der Waals surface area contributed by atoms with Crippen molar-refractivity contribution in [3.8, 4) is 0 Å². The van der Waals surface area contributed by atoms with Gasteiger partial charge in [0.2, 0.25) is 5.91 Å². The van der Waals surface area contributed by atoms with E-state index in [2.05, 4.69) is 43.5 Å². The van der Waals surface area contributed by atoms with Gasteiger partial charge in [0.15, 0.2) is 6.29 Å². The van der Waals surface area contributed by atoms with Crippen LogP contribution in [0.5, 0.6) is 0 Å². The number of nitrogens with one attached hydrogen (secondary N) is 1. The van der Waals surface area contributed by atoms with Crippen LogP contribution in [0.3, 0.4) is 0 Å². The lowest BCUT2D eigenvalue weighted by Gasteiger charge is -2.40. The molecule has 1 aliphatic heterocycles. The van der Waals surface area contributed by atoms with Crippen molar-refractivity contribution in [2.75, 3.05) is 19.8 Å². The Balaban J connectivity index is 2.05. The highest BCUT2D eigenvalue weighted by atomic mass is 16.7. The number of unbranched alkanes of at least 4 members (excludes halogenated alkanes) is 31. The molecule has 11 heteroatoms. The molecular formula is C58H107NO10. The number of ether oxygens (including phenoxy) is 3. The molecule has 0 spiro atoms. The van der Waals surface area contributed by atoms with Gasteiger partial charge >= 0.3 is 5.97 Å². The number of carbonyl (C=O) groups is 2. The Hall–Kier alpha value is -2.12. The molecule has 1 rings (SSSR count). The largest absolute Gasteiger partial charge is 0.466 e. The zero-order valence-electron chi connectivity index (χ0n) is 44.3. The fraction of sp³-hybridized carbons (Fsp3) is 0.862. The topological polar surface area (TPSA) is 175 Å². The molecule has 0 bridgehead atoms. The predicted octanol–water partition coefficient (Wildman–Crippen LogP) is 12.7. The van der Waals surface area contributed by atoms with E-state index in [0.717, 1.165) is 77.0 Å². The van der Waals surface area contributed by atoms with Crippen LogP contribution in [0.1, 0.15) is 258 Å². The van der Waals surface area contributed by atoms with Gasteiger partial charge in [0.1, 0.15) is 24.4 Å². The first-order chi connectivity index (χ1) is 33.7. The van der Waals surface area contributed by atoms with Crippen LogP contribution in [-0.2, 0) is 23.8 Å². The van der Waals surface area contributed by atoms with Crippen LogP contribution >= 0.6 is 0 Å². The van der Waals surface area contributed by atoms with E-state index in [4.69, 9.17) is 14.2 Å². The molecule has 69 heavy (non-hydrogen) atoms. The van der Waals surface area contributed by atoms with E-state index in [0.29, 0.717) is 19.4 Å². The lowest BCUT2D eigenvalue weighted by molar-refractivity contribution is -0.302. The Bertz CT molecular complexity index is 1240. The van der Waals surface area contributed by atoms with Gasteiger partial charge in [-0.2, -0.15) is 0 Å². The second-order valence-electron chi connectivity index (χ2n) is 20.0. The third-order valence-electron chi connectivity index (χ3n) is 13.5. The van der Waals surface area contributed by atoms with Crippen molar-refractivity contribution >= 4 is 11.9 Å². The molecular weight excluding hydrogens is 871 g/mol. The van der Waals surface area contributed by atoms with E-state index in [1.807, 2.05) is 6.08 Å². The Labute approximate surface area is 422 Å². The fourth-order valence-corrected chi connectivity index (χ4v) is 8.83. The monoisotopic (exact) mass is 978 g/mol. The number of aliphatic hydroxyl groups is 5. The van der Waals surface area contributed by atoms with Gasteiger partial charge in [0.25, 0.3) is 0 Å². The number of hydrogen-bond donors (Lipinski definition) is 6. The molecule has 0 aromatic rings. The number of hydrogen-bond acceptors (Lipinski definition) is 10. The molecule has 6 N–H and O–H groups in total. The van der Waals surface area contributed by atoms with Crippen LogP contribution < -0.4 is 5.32 Å². The van der Waals surface area contributed by atoms with Gasteiger partial charge < -0.3 is 45.1 Å². The smallest absolute Gasteiger partial charge is 0.305 e. The number of carbonyl (C=O) groups excluding carboxylic acids is 2. The number of allylic oxidation sites excluding steroid dienone is 5. The highest BCUT2D eigenvalue weighted by molar-refractivity contribution is 5.76. The van der Waals surface area contributed by atoms with Crippen molar-refractivity contribution < 1.29 is 49.3 Å². The Kier molecular flexibility index (Phi) is 45.3. The first kappa shape index (κ1) is 64.9. The third-order valence-corrected chi connectivity index (χ3v) is 13.5. The van der Waals surface area contributed by atoms with Gasteiger partial charge in [-0.1, -0.05) is 198 Å². The molecule has 11 nitrogen and oxygen atoms in total. The standard InChI is InChI=1S/C58H107NO10/c1-3-5-7-9-11-13-14-26-30-34-38-42-46-54(63)67-47-43-39-35-31-27-24-22-20-18-16-15-17-19-21-23-25-29-33-37-41-45-53(62)59-50(51(61)44-40-36-32-28-12-10-8-6-4-2)49-68-58-57(66)56(65)55(64)52(48-60)69-58/h11,13,15,17,40,44,50-52,55-58,60-61,64-66H,3-10,12,14,16,18-39,41-43,45-49H2,1-2H3,(H,59,62)/b13-11-,17-15-,44-40+. The zero-order chi connectivity index (χ0) is 50.3. The first-order valence-corrected chi connectivity index (χ1v) is 28.8. The summed E-state index contributed by atoms with van der Waals surface area (Å²) >= 11 is 0. The van der Waals surface area contributed by atoms with E-state index < -0.39 is 49.5 Å². The molecule has 0 aromatic carbocycles. The second-order valence-corrected chi connectivity index (χ2v) is 20.0. The summed E-state index contributed by atoms with van der Waals surface area (Å²) in [5, 5.41) is 54.1. The van der Waals surface area contributed by atoms with Gasteiger partial charge in [0.05, 0.1) is 32.0 Å². The number of esters is 1. The van der Waals surface area contributed by atoms with Crippen LogP contribution in [0.4, 0.5) is 0 Å². The van der Waals surface area contributed by atoms with Crippen molar-refractivity contribution in [3.63, 3.8) is 0 Å². The van der Waals surface area contributed by atoms with Crippen LogP contribution in [0, 0.1) is 0 Å². The Morgan fingerprint density at radius 1 is 0.522 bits per heavy atom. The van der Waals surface area contributed by atoms with Crippen molar-refractivity contribution in [1.29, 1.82) is 0 Å². The molecule has 1 amide bonds. The predicted molar refractivity (Wildman–Crippen MR) is 283 cm³/mol. The Morgan fingerprint density at radius 2 is 0.928 bits per heavy atom. The molecule has 7 atom stereocenters. The van der Waals surface area contributed by atoms with Crippen LogP contribution in [0.25, 0.3) is 0 Å². The van der Waals surface area contributed by atoms with Crippen LogP contribution in [0.2, 0.25) is 0 Å². The van der Waals surface area contributed by atoms with Crippen molar-refractivity contribution in [2.45, 2.75) is 301 Å². The van der Waals surface area contributed by atoms with E-state index >= 15 is 0 Å². The van der Waals surface area contributed by atoms with Crippen molar-refractivity contribution in [1.82, 2.24) is 5.32 Å². The molecule has 0 aromatic heterocycles. The maximum atomic E-state index is 13.0. The highest BCUT2D eigenvalue weighted by Crippen LogP contribution is 2.23. The van der Waals surface area contributed by atoms with Gasteiger partial charge in [-0.15, -0.1) is 0 Å². The summed E-state index contributed by atoms with van der Waals surface area (Å²) in [4.78, 5) is 25.0. The maximum Gasteiger partial charge on any atom is 0.305 e. The summed E-state index contributed by atoms with van der Waals surface area (Å²) in [6.07, 6.45) is 48.1. The molecule has 1 fully saturated rings. The minimum Gasteiger partial charge on any atom is -0.466 e. The summed E-state index contributed by atoms with van der Waals surface area (Å²) in [5.74, 6) is -0.212. The van der Waals surface area contributed by atoms with Crippen molar-refractivity contribution in [3.05, 3.63) is 36.5 Å². The quantitative estimate of drug-likeness (QED) is 0.0196. The SMILES string of the molecule is CCCCC/C=C\CCCCCCCC(=O)OCCCCCCCCCCC/C=C\CCCCCCCCCC(=O)NC(COC1OC(CO)C(O)C(O)C1O)C(O)/C=C/CCCCCCCCC. The summed E-state index contributed by atoms with van der Waals surface area (Å²) in [7, 11) is 0. The zero-order valence-corrected chi connectivity index (χ0v) is 44.3. The lowest BCUT2D eigenvalue weighted by Crippen LogP contribution is -2.60. The van der Waals surface area contributed by atoms with E-state index in [9.17, 15) is 35.1 Å². The van der Waals surface area contributed by atoms with E-state index in [-0.39, 0.29) is 18.5 Å². The summed E-state index contributed by atoms with van der Waals surface area (Å²) in [6.45, 7) is 4.27. The van der Waals surface area contributed by atoms with Gasteiger partial charge in [-0.25, -0.2) is 0 Å².